The number of fused-ring (bicyclic) bond motifs is 1. The summed E-state index contributed by atoms with van der Waals surface area (Å²) in [5.74, 6) is 1.45. The van der Waals surface area contributed by atoms with Gasteiger partial charge in [0.05, 0.1) is 13.2 Å². The molecule has 1 saturated heterocycles. The van der Waals surface area contributed by atoms with Gasteiger partial charge in [-0.2, -0.15) is 10.1 Å². The smallest absolute Gasteiger partial charge is 0.407 e. The zero-order valence-corrected chi connectivity index (χ0v) is 19.2. The van der Waals surface area contributed by atoms with Crippen molar-refractivity contribution in [1.29, 1.82) is 0 Å². The Labute approximate surface area is 196 Å². The molecule has 3 N–H and O–H groups in total. The Morgan fingerprint density at radius 2 is 2.12 bits per heavy atom. The van der Waals surface area contributed by atoms with Gasteiger partial charge in [-0.15, -0.1) is 0 Å². The zero-order chi connectivity index (χ0) is 23.7. The number of morpholine rings is 1. The standard InChI is InChI=1S/C22H29FN8O3/c1-13(2)25-22(32)34-16-4-3-14(20(16)23)15-11-17(29-28-15)26-21-27-19(30-7-9-33-10-8-30)12-18-24-5-6-31(18)21/h5-6,11-14,16,20H,3-4,7-10H2,1-2H3,(H,25,32)(H2,26,27,28,29)/t14-,16-,20+/m1/s1. The van der Waals surface area contributed by atoms with Crippen molar-refractivity contribution >= 4 is 29.3 Å². The van der Waals surface area contributed by atoms with E-state index in [1.54, 1.807) is 12.3 Å². The minimum atomic E-state index is -1.31. The zero-order valence-electron chi connectivity index (χ0n) is 19.2. The number of rotatable bonds is 6. The molecule has 12 heteroatoms. The molecule has 0 bridgehead atoms. The van der Waals surface area contributed by atoms with E-state index in [1.165, 1.54) is 0 Å². The third kappa shape index (κ3) is 4.63. The van der Waals surface area contributed by atoms with E-state index < -0.39 is 24.3 Å². The minimum absolute atomic E-state index is 0.0682. The van der Waals surface area contributed by atoms with Crippen molar-refractivity contribution in [2.75, 3.05) is 36.5 Å². The van der Waals surface area contributed by atoms with Gasteiger partial charge in [0.1, 0.15) is 23.7 Å². The van der Waals surface area contributed by atoms with E-state index in [-0.39, 0.29) is 6.04 Å². The summed E-state index contributed by atoms with van der Waals surface area (Å²) < 4.78 is 27.7. The molecule has 4 heterocycles. The lowest BCUT2D eigenvalue weighted by molar-refractivity contribution is 0.0555. The molecule has 3 aromatic heterocycles. The Hall–Kier alpha value is -3.41. The number of imidazole rings is 1. The van der Waals surface area contributed by atoms with Gasteiger partial charge in [-0.3, -0.25) is 9.50 Å². The van der Waals surface area contributed by atoms with Crippen LogP contribution in [0.4, 0.5) is 26.8 Å². The topological polar surface area (TPSA) is 122 Å². The maximum atomic E-state index is 15.1. The van der Waals surface area contributed by atoms with Crippen LogP contribution in [0.15, 0.2) is 24.5 Å². The van der Waals surface area contributed by atoms with Crippen LogP contribution >= 0.6 is 0 Å². The van der Waals surface area contributed by atoms with Gasteiger partial charge < -0.3 is 25.0 Å². The highest BCUT2D eigenvalue weighted by Crippen LogP contribution is 2.38. The SMILES string of the molecule is CC(C)NC(=O)O[C@@H]1CC[C@H](c2cc(Nc3nc(N4CCOCC4)cc4nccn34)n[nH]2)[C@@H]1F. The normalized spacial score (nSPS) is 22.9. The molecule has 0 aromatic carbocycles. The fraction of sp³-hybridized carbons (Fsp3) is 0.545. The Bertz CT molecular complexity index is 1140. The van der Waals surface area contributed by atoms with Crippen molar-refractivity contribution in [1.82, 2.24) is 29.9 Å². The summed E-state index contributed by atoms with van der Waals surface area (Å²) in [4.78, 5) is 23.2. The second-order valence-electron chi connectivity index (χ2n) is 8.90. The van der Waals surface area contributed by atoms with Crippen molar-refractivity contribution in [3.63, 3.8) is 0 Å². The number of nitrogens with zero attached hydrogens (tertiary/aromatic N) is 5. The number of amides is 1. The number of aromatic nitrogens is 5. The van der Waals surface area contributed by atoms with Crippen LogP contribution in [-0.4, -0.2) is 75.3 Å². The largest absolute Gasteiger partial charge is 0.443 e. The Morgan fingerprint density at radius 3 is 2.91 bits per heavy atom. The molecule has 182 valence electrons. The molecule has 1 aliphatic carbocycles. The van der Waals surface area contributed by atoms with Gasteiger partial charge >= 0.3 is 6.09 Å². The summed E-state index contributed by atoms with van der Waals surface area (Å²) in [5, 5.41) is 13.1. The van der Waals surface area contributed by atoms with Gasteiger partial charge in [-0.05, 0) is 26.7 Å². The summed E-state index contributed by atoms with van der Waals surface area (Å²) >= 11 is 0. The summed E-state index contributed by atoms with van der Waals surface area (Å²) in [5.41, 5.74) is 1.41. The van der Waals surface area contributed by atoms with Gasteiger partial charge in [0.25, 0.3) is 0 Å². The lowest BCUT2D eigenvalue weighted by Gasteiger charge is -2.28. The number of anilines is 3. The average molecular weight is 473 g/mol. The number of carbonyl (C=O) groups is 1. The molecule has 34 heavy (non-hydrogen) atoms. The van der Waals surface area contributed by atoms with Crippen LogP contribution in [0.3, 0.4) is 0 Å². The maximum Gasteiger partial charge on any atom is 0.407 e. The number of halogens is 1. The fourth-order valence-electron chi connectivity index (χ4n) is 4.44. The van der Waals surface area contributed by atoms with Crippen molar-refractivity contribution in [3.8, 4) is 0 Å². The molecule has 2 fully saturated rings. The first-order chi connectivity index (χ1) is 16.5. The number of nitrogens with one attached hydrogen (secondary N) is 3. The number of hydrogen-bond acceptors (Lipinski definition) is 8. The fourth-order valence-corrected chi connectivity index (χ4v) is 4.44. The Morgan fingerprint density at radius 1 is 1.29 bits per heavy atom. The van der Waals surface area contributed by atoms with E-state index in [0.717, 1.165) is 24.6 Å². The van der Waals surface area contributed by atoms with Crippen molar-refractivity contribution < 1.29 is 18.7 Å². The molecule has 0 radical (unpaired) electrons. The number of aromatic amines is 1. The molecule has 5 rings (SSSR count). The Balaban J connectivity index is 1.30. The van der Waals surface area contributed by atoms with E-state index in [1.807, 2.05) is 30.5 Å². The van der Waals surface area contributed by atoms with Crippen LogP contribution in [0.2, 0.25) is 0 Å². The molecule has 1 saturated carbocycles. The van der Waals surface area contributed by atoms with Gasteiger partial charge in [-0.1, -0.05) is 0 Å². The second kappa shape index (κ2) is 9.45. The van der Waals surface area contributed by atoms with Crippen LogP contribution < -0.4 is 15.5 Å². The van der Waals surface area contributed by atoms with Crippen LogP contribution in [0.25, 0.3) is 5.65 Å². The predicted octanol–water partition coefficient (Wildman–Crippen LogP) is 2.75. The number of ether oxygens (including phenoxy) is 2. The molecular weight excluding hydrogens is 443 g/mol. The van der Waals surface area contributed by atoms with E-state index >= 15 is 4.39 Å². The molecule has 1 amide bonds. The van der Waals surface area contributed by atoms with Gasteiger partial charge in [0, 0.05) is 55.3 Å². The van der Waals surface area contributed by atoms with Crippen LogP contribution in [0.5, 0.6) is 0 Å². The van der Waals surface area contributed by atoms with E-state index in [4.69, 9.17) is 14.5 Å². The molecule has 0 unspecified atom stereocenters. The van der Waals surface area contributed by atoms with E-state index in [0.29, 0.717) is 43.5 Å². The molecule has 1 aliphatic heterocycles. The predicted molar refractivity (Wildman–Crippen MR) is 123 cm³/mol. The lowest BCUT2D eigenvalue weighted by atomic mass is 10.0. The van der Waals surface area contributed by atoms with E-state index in [2.05, 4.69) is 30.7 Å². The summed E-state index contributed by atoms with van der Waals surface area (Å²) in [6.45, 7) is 6.48. The van der Waals surface area contributed by atoms with E-state index in [9.17, 15) is 4.79 Å². The monoisotopic (exact) mass is 472 g/mol. The first-order valence-electron chi connectivity index (χ1n) is 11.6. The van der Waals surface area contributed by atoms with Crippen molar-refractivity contribution in [2.45, 2.75) is 50.9 Å². The summed E-state index contributed by atoms with van der Waals surface area (Å²) in [6.07, 6.45) is 1.86. The average Bonchev–Trinajstić information content (AvgIpc) is 3.55. The minimum Gasteiger partial charge on any atom is -0.443 e. The first kappa shape index (κ1) is 22.4. The number of alkyl halides is 1. The first-order valence-corrected chi connectivity index (χ1v) is 11.6. The third-order valence-electron chi connectivity index (χ3n) is 6.11. The van der Waals surface area contributed by atoms with Gasteiger partial charge in [0.15, 0.2) is 5.82 Å². The second-order valence-corrected chi connectivity index (χ2v) is 8.90. The Kier molecular flexibility index (Phi) is 6.22. The number of alkyl carbamates (subject to hydrolysis) is 1. The lowest BCUT2D eigenvalue weighted by Crippen LogP contribution is -2.36. The molecule has 2 aliphatic rings. The maximum absolute atomic E-state index is 15.1. The molecule has 3 aromatic rings. The highest BCUT2D eigenvalue weighted by Gasteiger charge is 2.41. The number of carbonyl (C=O) groups excluding carboxylic acids is 1. The molecular formula is C22H29FN8O3. The van der Waals surface area contributed by atoms with Crippen LogP contribution in [0, 0.1) is 0 Å². The highest BCUT2D eigenvalue weighted by molar-refractivity contribution is 5.67. The summed E-state index contributed by atoms with van der Waals surface area (Å²) in [7, 11) is 0. The number of H-pyrrole nitrogens is 1. The molecule has 0 spiro atoms. The molecule has 3 atom stereocenters. The van der Waals surface area contributed by atoms with Crippen LogP contribution in [-0.2, 0) is 9.47 Å². The van der Waals surface area contributed by atoms with Crippen molar-refractivity contribution in [2.24, 2.45) is 0 Å². The third-order valence-corrected chi connectivity index (χ3v) is 6.11. The number of hydrogen-bond donors (Lipinski definition) is 3. The molecule has 11 nitrogen and oxygen atoms in total. The highest BCUT2D eigenvalue weighted by atomic mass is 19.1. The van der Waals surface area contributed by atoms with Crippen molar-refractivity contribution in [3.05, 3.63) is 30.2 Å². The van der Waals surface area contributed by atoms with Crippen LogP contribution in [0.1, 0.15) is 38.3 Å². The quantitative estimate of drug-likeness (QED) is 0.501. The van der Waals surface area contributed by atoms with Gasteiger partial charge in [0.2, 0.25) is 5.95 Å². The summed E-state index contributed by atoms with van der Waals surface area (Å²) in [6, 6.07) is 3.65. The van der Waals surface area contributed by atoms with Gasteiger partial charge in [-0.25, -0.2) is 14.2 Å².